The summed E-state index contributed by atoms with van der Waals surface area (Å²) in [4.78, 5) is 21.6. The molecule has 3 N–H and O–H groups in total. The van der Waals surface area contributed by atoms with Crippen molar-refractivity contribution in [2.24, 2.45) is 22.9 Å². The third-order valence-electron chi connectivity index (χ3n) is 11.0. The molecule has 2 aliphatic carbocycles. The first kappa shape index (κ1) is 39.0. The number of phenols is 1. The van der Waals surface area contributed by atoms with Crippen LogP contribution in [0.3, 0.4) is 0 Å². The predicted octanol–water partition coefficient (Wildman–Crippen LogP) is 7.63. The van der Waals surface area contributed by atoms with Crippen LogP contribution in [0.15, 0.2) is 102 Å². The Bertz CT molecular complexity index is 1780. The first-order valence-electron chi connectivity index (χ1n) is 18.9. The van der Waals surface area contributed by atoms with Crippen LogP contribution in [0.25, 0.3) is 0 Å². The fraction of sp³-hybridized carbons (Fsp3) is 0.442. The second-order valence-electron chi connectivity index (χ2n) is 14.3. The van der Waals surface area contributed by atoms with Gasteiger partial charge in [-0.25, -0.2) is 9.18 Å². The Labute approximate surface area is 316 Å². The summed E-state index contributed by atoms with van der Waals surface area (Å²) in [6.07, 6.45) is 7.86. The number of carbonyl (C=O) groups excluding carboxylic acids is 1. The van der Waals surface area contributed by atoms with Crippen molar-refractivity contribution in [3.63, 3.8) is 0 Å². The topological polar surface area (TPSA) is 130 Å². The van der Waals surface area contributed by atoms with Crippen molar-refractivity contribution in [1.29, 1.82) is 0 Å². The number of hydrogen-bond donors (Lipinski definition) is 3. The van der Waals surface area contributed by atoms with Gasteiger partial charge in [-0.1, -0.05) is 72.6 Å². The SMILES string of the molecule is C=CCO[C@@]12Oc3ccc(O)cc3[C@H]3[C@H](CCCCO)[C@@H](CCCCO)C=C(C(=NOCc4ccccc4)C[C@@H]1N(Cc1ccc(F)cc1)C(=O)OC)[C@H]32. The van der Waals surface area contributed by atoms with E-state index in [0.717, 1.165) is 42.4 Å². The van der Waals surface area contributed by atoms with Crippen molar-refractivity contribution in [3.8, 4) is 11.5 Å². The first-order chi connectivity index (χ1) is 26.3. The molecule has 0 radical (unpaired) electrons. The molecule has 0 saturated heterocycles. The number of halogens is 1. The zero-order chi connectivity index (χ0) is 38.1. The molecular weight excluding hydrogens is 691 g/mol. The quantitative estimate of drug-likeness (QED) is 0.0732. The minimum Gasteiger partial charge on any atom is -0.508 e. The molecule has 3 aliphatic rings. The van der Waals surface area contributed by atoms with E-state index in [-0.39, 0.29) is 62.9 Å². The van der Waals surface area contributed by atoms with Gasteiger partial charge in [0, 0.05) is 37.7 Å². The molecule has 1 aliphatic heterocycles. The zero-order valence-corrected chi connectivity index (χ0v) is 30.8. The molecule has 11 heteroatoms. The Morgan fingerprint density at radius 3 is 2.46 bits per heavy atom. The van der Waals surface area contributed by atoms with E-state index in [1.54, 1.807) is 41.3 Å². The number of benzene rings is 3. The Hall–Kier alpha value is -4.71. The summed E-state index contributed by atoms with van der Waals surface area (Å²) < 4.78 is 33.5. The van der Waals surface area contributed by atoms with Gasteiger partial charge in [0.1, 0.15) is 30.0 Å². The molecular formula is C43H51FN2O8. The van der Waals surface area contributed by atoms with Gasteiger partial charge in [-0.2, -0.15) is 0 Å². The average molecular weight is 743 g/mol. The lowest BCUT2D eigenvalue weighted by atomic mass is 9.55. The molecule has 0 unspecified atom stereocenters. The van der Waals surface area contributed by atoms with Crippen LogP contribution in [0.4, 0.5) is 9.18 Å². The summed E-state index contributed by atoms with van der Waals surface area (Å²) >= 11 is 0. The second-order valence-corrected chi connectivity index (χ2v) is 14.3. The number of aliphatic hydroxyl groups is 2. The molecule has 1 heterocycles. The number of aromatic hydroxyl groups is 1. The largest absolute Gasteiger partial charge is 0.508 e. The summed E-state index contributed by atoms with van der Waals surface area (Å²) in [5.41, 5.74) is 3.94. The molecule has 3 aromatic carbocycles. The van der Waals surface area contributed by atoms with Crippen molar-refractivity contribution in [2.45, 2.75) is 75.8 Å². The number of ether oxygens (including phenoxy) is 3. The van der Waals surface area contributed by atoms with Crippen LogP contribution in [0.1, 0.15) is 67.6 Å². The molecule has 0 bridgehead atoms. The highest BCUT2D eigenvalue weighted by Crippen LogP contribution is 2.62. The van der Waals surface area contributed by atoms with E-state index in [0.29, 0.717) is 29.9 Å². The number of fused-ring (bicyclic) bond motifs is 2. The third-order valence-corrected chi connectivity index (χ3v) is 11.0. The zero-order valence-electron chi connectivity index (χ0n) is 30.8. The highest BCUT2D eigenvalue weighted by molar-refractivity contribution is 6.03. The van der Waals surface area contributed by atoms with Gasteiger partial charge in [-0.3, -0.25) is 4.90 Å². The molecule has 6 atom stereocenters. The van der Waals surface area contributed by atoms with Gasteiger partial charge < -0.3 is 34.4 Å². The maximum atomic E-state index is 14.1. The Balaban J connectivity index is 1.57. The lowest BCUT2D eigenvalue weighted by Crippen LogP contribution is -2.70. The van der Waals surface area contributed by atoms with Gasteiger partial charge in [-0.05, 0) is 84.6 Å². The molecule has 1 saturated carbocycles. The van der Waals surface area contributed by atoms with Crippen LogP contribution in [-0.4, -0.2) is 70.8 Å². The third kappa shape index (κ3) is 8.33. The number of rotatable bonds is 17. The second kappa shape index (κ2) is 18.1. The number of hydrogen-bond acceptors (Lipinski definition) is 9. The van der Waals surface area contributed by atoms with Gasteiger partial charge in [0.15, 0.2) is 0 Å². The van der Waals surface area contributed by atoms with Crippen LogP contribution >= 0.6 is 0 Å². The molecule has 1 amide bonds. The van der Waals surface area contributed by atoms with Crippen molar-refractivity contribution >= 4 is 11.8 Å². The van der Waals surface area contributed by atoms with E-state index in [2.05, 4.69) is 12.7 Å². The highest BCUT2D eigenvalue weighted by Gasteiger charge is 2.65. The van der Waals surface area contributed by atoms with Crippen molar-refractivity contribution in [3.05, 3.63) is 120 Å². The number of unbranched alkanes of at least 4 members (excludes halogenated alkanes) is 2. The van der Waals surface area contributed by atoms with Gasteiger partial charge in [0.2, 0.25) is 5.79 Å². The lowest BCUT2D eigenvalue weighted by molar-refractivity contribution is -0.256. The normalized spacial score (nSPS) is 24.8. The van der Waals surface area contributed by atoms with E-state index in [9.17, 15) is 24.5 Å². The van der Waals surface area contributed by atoms with E-state index in [1.165, 1.54) is 19.2 Å². The number of phenolic OH excluding ortho intramolecular Hbond substituents is 1. The maximum Gasteiger partial charge on any atom is 0.410 e. The molecule has 3 aromatic rings. The van der Waals surface area contributed by atoms with Crippen LogP contribution in [0, 0.1) is 23.6 Å². The molecule has 6 rings (SSSR count). The number of aliphatic hydroxyl groups excluding tert-OH is 2. The number of nitrogens with zero attached hydrogens (tertiary/aromatic N) is 2. The lowest BCUT2D eigenvalue weighted by Gasteiger charge is -2.59. The summed E-state index contributed by atoms with van der Waals surface area (Å²) in [5.74, 6) is -2.04. The number of carbonyl (C=O) groups is 1. The number of amides is 1. The first-order valence-corrected chi connectivity index (χ1v) is 18.9. The monoisotopic (exact) mass is 742 g/mol. The molecule has 0 spiro atoms. The Kier molecular flexibility index (Phi) is 13.1. The summed E-state index contributed by atoms with van der Waals surface area (Å²) in [5, 5.41) is 35.3. The van der Waals surface area contributed by atoms with Crippen LogP contribution in [-0.2, 0) is 27.5 Å². The summed E-state index contributed by atoms with van der Waals surface area (Å²) in [6, 6.07) is 20.0. The van der Waals surface area contributed by atoms with Crippen molar-refractivity contribution in [1.82, 2.24) is 4.90 Å². The maximum absolute atomic E-state index is 14.1. The number of allylic oxidation sites excluding steroid dienone is 1. The van der Waals surface area contributed by atoms with E-state index < -0.39 is 29.7 Å². The smallest absolute Gasteiger partial charge is 0.410 e. The molecule has 10 nitrogen and oxygen atoms in total. The van der Waals surface area contributed by atoms with Crippen molar-refractivity contribution in [2.75, 3.05) is 26.9 Å². The number of methoxy groups -OCH3 is 1. The van der Waals surface area contributed by atoms with Crippen LogP contribution in [0.5, 0.6) is 11.5 Å². The average Bonchev–Trinajstić information content (AvgIpc) is 3.19. The minimum absolute atomic E-state index is 0.00839. The van der Waals surface area contributed by atoms with E-state index in [4.69, 9.17) is 24.2 Å². The summed E-state index contributed by atoms with van der Waals surface area (Å²) in [7, 11) is 1.32. The molecule has 0 aromatic heterocycles. The van der Waals surface area contributed by atoms with Crippen LogP contribution in [0.2, 0.25) is 0 Å². The standard InChI is InChI=1S/C43H51FN2O8/c1-3-23-52-43-39(46(42(50)51-2)27-29-15-17-32(44)18-16-29)26-37(45-53-28-30-11-5-4-6-12-30)35-24-31(13-7-9-21-47)34(14-8-10-22-48)40(41(35)43)36-25-33(49)19-20-38(36)54-43/h3-6,11-12,15-20,24-25,31,34,39-41,47-49H,1,7-10,13-14,21-23,26-28H2,2H3/t31-,34+,39-,40+,41+,43+/m0/s1. The van der Waals surface area contributed by atoms with E-state index in [1.807, 2.05) is 30.3 Å². The predicted molar refractivity (Wildman–Crippen MR) is 202 cm³/mol. The Morgan fingerprint density at radius 1 is 1.02 bits per heavy atom. The van der Waals surface area contributed by atoms with Gasteiger partial charge in [0.25, 0.3) is 0 Å². The number of oxime groups is 1. The summed E-state index contributed by atoms with van der Waals surface area (Å²) in [6.45, 7) is 4.49. The van der Waals surface area contributed by atoms with Crippen LogP contribution < -0.4 is 4.74 Å². The van der Waals surface area contributed by atoms with Crippen molar-refractivity contribution < 1.29 is 43.6 Å². The highest BCUT2D eigenvalue weighted by atomic mass is 19.1. The Morgan fingerprint density at radius 2 is 1.76 bits per heavy atom. The van der Waals surface area contributed by atoms with E-state index >= 15 is 0 Å². The minimum atomic E-state index is -1.49. The molecule has 54 heavy (non-hydrogen) atoms. The van der Waals surface area contributed by atoms with Gasteiger partial charge in [-0.15, -0.1) is 6.58 Å². The fourth-order valence-corrected chi connectivity index (χ4v) is 8.62. The molecule has 1 fully saturated rings. The van der Waals surface area contributed by atoms with Gasteiger partial charge >= 0.3 is 6.09 Å². The molecule has 288 valence electrons. The van der Waals surface area contributed by atoms with Gasteiger partial charge in [0.05, 0.1) is 25.3 Å². The fourth-order valence-electron chi connectivity index (χ4n) is 8.62.